The molecule has 0 saturated carbocycles. The van der Waals surface area contributed by atoms with Crippen LogP contribution in [0, 0.1) is 5.92 Å². The van der Waals surface area contributed by atoms with E-state index in [0.717, 1.165) is 19.5 Å². The van der Waals surface area contributed by atoms with Crippen LogP contribution in [0.3, 0.4) is 0 Å². The van der Waals surface area contributed by atoms with Crippen molar-refractivity contribution in [2.24, 2.45) is 5.92 Å². The highest BCUT2D eigenvalue weighted by molar-refractivity contribution is 5.91. The van der Waals surface area contributed by atoms with Crippen molar-refractivity contribution in [3.05, 3.63) is 24.3 Å². The van der Waals surface area contributed by atoms with E-state index in [4.69, 9.17) is 4.74 Å². The summed E-state index contributed by atoms with van der Waals surface area (Å²) in [4.78, 5) is 12.0. The standard InChI is InChI=1S/C15H23N3O2/c1-11(12-6-5-9-16-10-12)17-15(19)18-13-7-3-4-8-14(13)20-2/h3-4,7-8,11-12,16H,5-6,9-10H2,1-2H3,(H2,17,18,19). The van der Waals surface area contributed by atoms with E-state index >= 15 is 0 Å². The van der Waals surface area contributed by atoms with Gasteiger partial charge in [0.15, 0.2) is 0 Å². The molecule has 3 N–H and O–H groups in total. The molecule has 2 atom stereocenters. The van der Waals surface area contributed by atoms with E-state index in [-0.39, 0.29) is 12.1 Å². The van der Waals surface area contributed by atoms with Crippen LogP contribution in [0.4, 0.5) is 10.5 Å². The molecular weight excluding hydrogens is 254 g/mol. The number of urea groups is 1. The van der Waals surface area contributed by atoms with Crippen LogP contribution in [0.25, 0.3) is 0 Å². The maximum Gasteiger partial charge on any atom is 0.319 e. The number of benzene rings is 1. The molecule has 1 heterocycles. The summed E-state index contributed by atoms with van der Waals surface area (Å²) in [7, 11) is 1.59. The minimum absolute atomic E-state index is 0.150. The van der Waals surface area contributed by atoms with Crippen molar-refractivity contribution < 1.29 is 9.53 Å². The molecule has 1 fully saturated rings. The molecule has 0 spiro atoms. The van der Waals surface area contributed by atoms with Crippen molar-refractivity contribution >= 4 is 11.7 Å². The number of carbonyl (C=O) groups is 1. The molecule has 110 valence electrons. The molecule has 5 heteroatoms. The number of methoxy groups -OCH3 is 1. The van der Waals surface area contributed by atoms with Gasteiger partial charge in [0, 0.05) is 6.04 Å². The number of amides is 2. The maximum atomic E-state index is 12.0. The first-order valence-electron chi connectivity index (χ1n) is 7.12. The Morgan fingerprint density at radius 2 is 2.25 bits per heavy atom. The molecule has 0 aliphatic carbocycles. The topological polar surface area (TPSA) is 62.4 Å². The summed E-state index contributed by atoms with van der Waals surface area (Å²) >= 11 is 0. The normalized spacial score (nSPS) is 20.0. The number of nitrogens with one attached hydrogen (secondary N) is 3. The molecule has 1 aromatic carbocycles. The predicted molar refractivity (Wildman–Crippen MR) is 80.2 cm³/mol. The van der Waals surface area contributed by atoms with Crippen LogP contribution in [0.1, 0.15) is 19.8 Å². The van der Waals surface area contributed by atoms with E-state index in [1.165, 1.54) is 6.42 Å². The molecule has 2 rings (SSSR count). The first-order valence-corrected chi connectivity index (χ1v) is 7.12. The van der Waals surface area contributed by atoms with Crippen LogP contribution in [-0.4, -0.2) is 32.3 Å². The zero-order valence-corrected chi connectivity index (χ0v) is 12.1. The first-order chi connectivity index (χ1) is 9.70. The van der Waals surface area contributed by atoms with E-state index in [2.05, 4.69) is 22.9 Å². The van der Waals surface area contributed by atoms with Crippen molar-refractivity contribution in [1.29, 1.82) is 0 Å². The lowest BCUT2D eigenvalue weighted by Gasteiger charge is -2.29. The molecule has 1 aliphatic heterocycles. The smallest absolute Gasteiger partial charge is 0.319 e. The summed E-state index contributed by atoms with van der Waals surface area (Å²) in [5, 5.41) is 9.20. The van der Waals surface area contributed by atoms with Gasteiger partial charge in [-0.1, -0.05) is 12.1 Å². The number of anilines is 1. The minimum atomic E-state index is -0.187. The Balaban J connectivity index is 1.88. The highest BCUT2D eigenvalue weighted by atomic mass is 16.5. The minimum Gasteiger partial charge on any atom is -0.495 e. The van der Waals surface area contributed by atoms with Crippen molar-refractivity contribution in [3.8, 4) is 5.75 Å². The van der Waals surface area contributed by atoms with Crippen LogP contribution >= 0.6 is 0 Å². The van der Waals surface area contributed by atoms with Crippen LogP contribution in [0.2, 0.25) is 0 Å². The fraction of sp³-hybridized carbons (Fsp3) is 0.533. The van der Waals surface area contributed by atoms with Crippen LogP contribution in [-0.2, 0) is 0 Å². The average Bonchev–Trinajstić information content (AvgIpc) is 2.48. The second-order valence-corrected chi connectivity index (χ2v) is 5.19. The number of hydrogen-bond acceptors (Lipinski definition) is 3. The van der Waals surface area contributed by atoms with Gasteiger partial charge in [-0.15, -0.1) is 0 Å². The third-order valence-electron chi connectivity index (χ3n) is 3.76. The third kappa shape index (κ3) is 3.87. The largest absolute Gasteiger partial charge is 0.495 e. The zero-order valence-electron chi connectivity index (χ0n) is 12.1. The van der Waals surface area contributed by atoms with Crippen LogP contribution < -0.4 is 20.7 Å². The number of carbonyl (C=O) groups excluding carboxylic acids is 1. The zero-order chi connectivity index (χ0) is 14.4. The van der Waals surface area contributed by atoms with E-state index in [0.29, 0.717) is 17.4 Å². The number of piperidine rings is 1. The summed E-state index contributed by atoms with van der Waals surface area (Å²) in [6.07, 6.45) is 2.33. The Kier molecular flexibility index (Phi) is 5.24. The summed E-state index contributed by atoms with van der Waals surface area (Å²) in [5.41, 5.74) is 0.682. The molecule has 1 saturated heterocycles. The molecule has 2 unspecified atom stereocenters. The van der Waals surface area contributed by atoms with E-state index in [1.807, 2.05) is 24.3 Å². The molecule has 1 aromatic rings. The van der Waals surface area contributed by atoms with Crippen LogP contribution in [0.15, 0.2) is 24.3 Å². The number of para-hydroxylation sites is 2. The van der Waals surface area contributed by atoms with Crippen molar-refractivity contribution in [3.63, 3.8) is 0 Å². The van der Waals surface area contributed by atoms with Gasteiger partial charge in [-0.2, -0.15) is 0 Å². The predicted octanol–water partition coefficient (Wildman–Crippen LogP) is 2.20. The third-order valence-corrected chi connectivity index (χ3v) is 3.76. The van der Waals surface area contributed by atoms with Crippen LogP contribution in [0.5, 0.6) is 5.75 Å². The van der Waals surface area contributed by atoms with Gasteiger partial charge in [0.05, 0.1) is 12.8 Å². The number of hydrogen-bond donors (Lipinski definition) is 3. The molecule has 0 aromatic heterocycles. The second kappa shape index (κ2) is 7.14. The lowest BCUT2D eigenvalue weighted by Crippen LogP contribution is -2.45. The van der Waals surface area contributed by atoms with Gasteiger partial charge in [0.1, 0.15) is 5.75 Å². The van der Waals surface area contributed by atoms with Gasteiger partial charge in [0.25, 0.3) is 0 Å². The van der Waals surface area contributed by atoms with E-state index in [1.54, 1.807) is 7.11 Å². The molecule has 20 heavy (non-hydrogen) atoms. The van der Waals surface area contributed by atoms with E-state index < -0.39 is 0 Å². The van der Waals surface area contributed by atoms with Crippen molar-refractivity contribution in [2.45, 2.75) is 25.8 Å². The Bertz CT molecular complexity index is 444. The SMILES string of the molecule is COc1ccccc1NC(=O)NC(C)C1CCCNC1. The monoisotopic (exact) mass is 277 g/mol. The van der Waals surface area contributed by atoms with Gasteiger partial charge in [0.2, 0.25) is 0 Å². The molecule has 0 bridgehead atoms. The van der Waals surface area contributed by atoms with Gasteiger partial charge < -0.3 is 20.7 Å². The first kappa shape index (κ1) is 14.7. The summed E-state index contributed by atoms with van der Waals surface area (Å²) in [6, 6.07) is 7.35. The molecular formula is C15H23N3O2. The van der Waals surface area contributed by atoms with Gasteiger partial charge in [-0.05, 0) is 50.9 Å². The van der Waals surface area contributed by atoms with Gasteiger partial charge in [-0.3, -0.25) is 0 Å². The number of rotatable bonds is 4. The lowest BCUT2D eigenvalue weighted by atomic mass is 9.93. The quantitative estimate of drug-likeness (QED) is 0.790. The highest BCUT2D eigenvalue weighted by Gasteiger charge is 2.21. The fourth-order valence-electron chi connectivity index (χ4n) is 2.54. The molecule has 2 amide bonds. The lowest BCUT2D eigenvalue weighted by molar-refractivity contribution is 0.238. The summed E-state index contributed by atoms with van der Waals surface area (Å²) < 4.78 is 5.22. The Labute approximate surface area is 120 Å². The van der Waals surface area contributed by atoms with Crippen molar-refractivity contribution in [2.75, 3.05) is 25.5 Å². The molecule has 5 nitrogen and oxygen atoms in total. The highest BCUT2D eigenvalue weighted by Crippen LogP contribution is 2.23. The fourth-order valence-corrected chi connectivity index (χ4v) is 2.54. The van der Waals surface area contributed by atoms with E-state index in [9.17, 15) is 4.79 Å². The molecule has 1 aliphatic rings. The number of ether oxygens (including phenoxy) is 1. The van der Waals surface area contributed by atoms with Gasteiger partial charge >= 0.3 is 6.03 Å². The average molecular weight is 277 g/mol. The Morgan fingerprint density at radius 1 is 1.45 bits per heavy atom. The second-order valence-electron chi connectivity index (χ2n) is 5.19. The summed E-state index contributed by atoms with van der Waals surface area (Å²) in [5.74, 6) is 1.15. The Morgan fingerprint density at radius 3 is 2.95 bits per heavy atom. The summed E-state index contributed by atoms with van der Waals surface area (Å²) in [6.45, 7) is 4.10. The maximum absolute atomic E-state index is 12.0. The Hall–Kier alpha value is -1.75. The van der Waals surface area contributed by atoms with Gasteiger partial charge in [-0.25, -0.2) is 4.79 Å². The van der Waals surface area contributed by atoms with Crippen molar-refractivity contribution in [1.82, 2.24) is 10.6 Å². The molecule has 0 radical (unpaired) electrons.